The molecule has 2 unspecified atom stereocenters. The van der Waals surface area contributed by atoms with E-state index in [1.54, 1.807) is 6.20 Å². The minimum absolute atomic E-state index is 0.260. The first-order valence-corrected chi connectivity index (χ1v) is 6.38. The summed E-state index contributed by atoms with van der Waals surface area (Å²) < 4.78 is 0. The molecular formula is C13H21N3O. The summed E-state index contributed by atoms with van der Waals surface area (Å²) in [6, 6.07) is 0.337. The summed E-state index contributed by atoms with van der Waals surface area (Å²) >= 11 is 0. The van der Waals surface area contributed by atoms with E-state index in [0.717, 1.165) is 30.0 Å². The fraction of sp³-hybridized carbons (Fsp3) is 0.692. The van der Waals surface area contributed by atoms with Gasteiger partial charge in [0.05, 0.1) is 11.4 Å². The summed E-state index contributed by atoms with van der Waals surface area (Å²) in [5, 5.41) is 12.8. The Labute approximate surface area is 102 Å². The molecule has 0 amide bonds. The van der Waals surface area contributed by atoms with Crippen molar-refractivity contribution in [1.29, 1.82) is 0 Å². The van der Waals surface area contributed by atoms with Crippen LogP contribution in [0.25, 0.3) is 0 Å². The van der Waals surface area contributed by atoms with E-state index in [1.165, 1.54) is 12.8 Å². The highest BCUT2D eigenvalue weighted by molar-refractivity contribution is 5.40. The monoisotopic (exact) mass is 235 g/mol. The average Bonchev–Trinajstić information content (AvgIpc) is 2.34. The Morgan fingerprint density at radius 1 is 1.35 bits per heavy atom. The number of aliphatic hydroxyl groups excluding tert-OH is 1. The largest absolute Gasteiger partial charge is 0.396 e. The van der Waals surface area contributed by atoms with Crippen LogP contribution in [-0.4, -0.2) is 27.7 Å². The molecule has 2 atom stereocenters. The minimum atomic E-state index is 0.260. The van der Waals surface area contributed by atoms with Crippen LogP contribution in [0.15, 0.2) is 6.20 Å². The molecule has 0 radical (unpaired) electrons. The first kappa shape index (κ1) is 12.3. The lowest BCUT2D eigenvalue weighted by Crippen LogP contribution is -2.35. The van der Waals surface area contributed by atoms with Crippen molar-refractivity contribution < 1.29 is 5.11 Å². The molecule has 17 heavy (non-hydrogen) atoms. The molecule has 0 aliphatic heterocycles. The highest BCUT2D eigenvalue weighted by Gasteiger charge is 2.25. The lowest BCUT2D eigenvalue weighted by atomic mass is 9.85. The Balaban J connectivity index is 2.10. The van der Waals surface area contributed by atoms with Crippen molar-refractivity contribution in [3.63, 3.8) is 0 Å². The van der Waals surface area contributed by atoms with E-state index in [1.807, 2.05) is 13.8 Å². The quantitative estimate of drug-likeness (QED) is 0.842. The van der Waals surface area contributed by atoms with E-state index in [0.29, 0.717) is 12.0 Å². The molecule has 1 fully saturated rings. The maximum atomic E-state index is 9.39. The average molecular weight is 235 g/mol. The number of hydrogen-bond acceptors (Lipinski definition) is 4. The molecule has 1 aromatic rings. The summed E-state index contributed by atoms with van der Waals surface area (Å²) in [7, 11) is 0. The van der Waals surface area contributed by atoms with Crippen molar-refractivity contribution in [3.8, 4) is 0 Å². The summed E-state index contributed by atoms with van der Waals surface area (Å²) in [4.78, 5) is 8.79. The number of nitrogens with one attached hydrogen (secondary N) is 1. The molecule has 1 saturated carbocycles. The Kier molecular flexibility index (Phi) is 3.94. The molecule has 0 spiro atoms. The van der Waals surface area contributed by atoms with E-state index >= 15 is 0 Å². The standard InChI is InChI=1S/C13H21N3O/c1-9-7-14-10(2)13(15-9)16-12-6-4-3-5-11(12)8-17/h7,11-12,17H,3-6,8H2,1-2H3,(H,15,16). The third-order valence-electron chi connectivity index (χ3n) is 3.54. The van der Waals surface area contributed by atoms with Crippen LogP contribution >= 0.6 is 0 Å². The van der Waals surface area contributed by atoms with Crippen molar-refractivity contribution >= 4 is 5.82 Å². The van der Waals surface area contributed by atoms with Crippen LogP contribution in [0, 0.1) is 19.8 Å². The number of anilines is 1. The van der Waals surface area contributed by atoms with Crippen molar-refractivity contribution in [3.05, 3.63) is 17.6 Å². The van der Waals surface area contributed by atoms with Crippen LogP contribution in [0.1, 0.15) is 37.1 Å². The third kappa shape index (κ3) is 2.94. The number of aryl methyl sites for hydroxylation is 2. The third-order valence-corrected chi connectivity index (χ3v) is 3.54. The zero-order valence-corrected chi connectivity index (χ0v) is 10.6. The van der Waals surface area contributed by atoms with Gasteiger partial charge in [-0.05, 0) is 26.7 Å². The smallest absolute Gasteiger partial charge is 0.147 e. The molecular weight excluding hydrogens is 214 g/mol. The number of aromatic nitrogens is 2. The molecule has 1 aliphatic carbocycles. The fourth-order valence-electron chi connectivity index (χ4n) is 2.47. The maximum absolute atomic E-state index is 9.39. The molecule has 94 valence electrons. The molecule has 2 N–H and O–H groups in total. The normalized spacial score (nSPS) is 24.6. The van der Waals surface area contributed by atoms with Crippen molar-refractivity contribution in [2.24, 2.45) is 5.92 Å². The van der Waals surface area contributed by atoms with Gasteiger partial charge in [-0.25, -0.2) is 4.98 Å². The van der Waals surface area contributed by atoms with Crippen molar-refractivity contribution in [1.82, 2.24) is 9.97 Å². The van der Waals surface area contributed by atoms with Crippen molar-refractivity contribution in [2.75, 3.05) is 11.9 Å². The second-order valence-corrected chi connectivity index (χ2v) is 4.92. The predicted octanol–water partition coefficient (Wildman–Crippen LogP) is 2.06. The van der Waals surface area contributed by atoms with E-state index in [2.05, 4.69) is 15.3 Å². The molecule has 2 rings (SSSR count). The first-order chi connectivity index (χ1) is 8.20. The molecule has 4 nitrogen and oxygen atoms in total. The zero-order valence-electron chi connectivity index (χ0n) is 10.6. The molecule has 4 heteroatoms. The predicted molar refractivity (Wildman–Crippen MR) is 68.0 cm³/mol. The van der Waals surface area contributed by atoms with Crippen LogP contribution < -0.4 is 5.32 Å². The van der Waals surface area contributed by atoms with Gasteiger partial charge in [-0.1, -0.05) is 12.8 Å². The number of aliphatic hydroxyl groups is 1. The van der Waals surface area contributed by atoms with Gasteiger partial charge in [0.1, 0.15) is 5.82 Å². The zero-order chi connectivity index (χ0) is 12.3. The Hall–Kier alpha value is -1.16. The second kappa shape index (κ2) is 5.45. The summed E-state index contributed by atoms with van der Waals surface area (Å²) in [6.07, 6.45) is 6.45. The SMILES string of the molecule is Cc1cnc(C)c(NC2CCCCC2CO)n1. The number of rotatable bonds is 3. The Bertz CT molecular complexity index is 381. The highest BCUT2D eigenvalue weighted by Crippen LogP contribution is 2.27. The van der Waals surface area contributed by atoms with Gasteiger partial charge in [-0.3, -0.25) is 4.98 Å². The van der Waals surface area contributed by atoms with E-state index in [9.17, 15) is 5.11 Å². The van der Waals surface area contributed by atoms with Gasteiger partial charge in [0, 0.05) is 24.8 Å². The maximum Gasteiger partial charge on any atom is 0.147 e. The first-order valence-electron chi connectivity index (χ1n) is 6.38. The summed E-state index contributed by atoms with van der Waals surface area (Å²) in [5.41, 5.74) is 1.85. The van der Waals surface area contributed by atoms with Crippen LogP contribution in [-0.2, 0) is 0 Å². The van der Waals surface area contributed by atoms with Gasteiger partial charge in [-0.2, -0.15) is 0 Å². The summed E-state index contributed by atoms with van der Waals surface area (Å²) in [6.45, 7) is 4.17. The molecule has 0 aromatic carbocycles. The second-order valence-electron chi connectivity index (χ2n) is 4.92. The van der Waals surface area contributed by atoms with Gasteiger partial charge in [0.25, 0.3) is 0 Å². The van der Waals surface area contributed by atoms with Gasteiger partial charge in [-0.15, -0.1) is 0 Å². The molecule has 0 bridgehead atoms. The lowest BCUT2D eigenvalue weighted by Gasteiger charge is -2.31. The van der Waals surface area contributed by atoms with Crippen molar-refractivity contribution in [2.45, 2.75) is 45.6 Å². The Morgan fingerprint density at radius 3 is 2.88 bits per heavy atom. The molecule has 1 aromatic heterocycles. The topological polar surface area (TPSA) is 58.0 Å². The molecule has 1 heterocycles. The molecule has 0 saturated heterocycles. The molecule has 1 aliphatic rings. The van der Waals surface area contributed by atoms with Crippen LogP contribution in [0.3, 0.4) is 0 Å². The van der Waals surface area contributed by atoms with E-state index in [-0.39, 0.29) is 6.61 Å². The lowest BCUT2D eigenvalue weighted by molar-refractivity contribution is 0.178. The number of hydrogen-bond donors (Lipinski definition) is 2. The van der Waals surface area contributed by atoms with E-state index < -0.39 is 0 Å². The highest BCUT2D eigenvalue weighted by atomic mass is 16.3. The Morgan fingerprint density at radius 2 is 2.12 bits per heavy atom. The summed E-state index contributed by atoms with van der Waals surface area (Å²) in [5.74, 6) is 1.22. The van der Waals surface area contributed by atoms with Crippen LogP contribution in [0.5, 0.6) is 0 Å². The van der Waals surface area contributed by atoms with Gasteiger partial charge in [0.2, 0.25) is 0 Å². The van der Waals surface area contributed by atoms with Crippen LogP contribution in [0.2, 0.25) is 0 Å². The van der Waals surface area contributed by atoms with Gasteiger partial charge < -0.3 is 10.4 Å². The van der Waals surface area contributed by atoms with Crippen LogP contribution in [0.4, 0.5) is 5.82 Å². The van der Waals surface area contributed by atoms with E-state index in [4.69, 9.17) is 0 Å². The fourth-order valence-corrected chi connectivity index (χ4v) is 2.47. The number of nitrogens with zero attached hydrogens (tertiary/aromatic N) is 2. The minimum Gasteiger partial charge on any atom is -0.396 e. The van der Waals surface area contributed by atoms with Gasteiger partial charge >= 0.3 is 0 Å². The van der Waals surface area contributed by atoms with Gasteiger partial charge in [0.15, 0.2) is 0 Å².